The molecule has 1 aromatic carbocycles. The summed E-state index contributed by atoms with van der Waals surface area (Å²) in [5.74, 6) is 0.516. The molecular formula is C16H24N2O3S. The number of hydrogen-bond acceptors (Lipinski definition) is 3. The van der Waals surface area contributed by atoms with Gasteiger partial charge in [-0.3, -0.25) is 9.52 Å². The molecule has 0 heterocycles. The quantitative estimate of drug-likeness (QED) is 0.905. The lowest BCUT2D eigenvalue weighted by Gasteiger charge is -2.27. The average Bonchev–Trinajstić information content (AvgIpc) is 2.46. The second-order valence-corrected chi connectivity index (χ2v) is 7.89. The highest BCUT2D eigenvalue weighted by molar-refractivity contribution is 7.92. The first-order valence-corrected chi connectivity index (χ1v) is 9.57. The van der Waals surface area contributed by atoms with E-state index >= 15 is 0 Å². The molecule has 1 N–H and O–H groups in total. The largest absolute Gasteiger partial charge is 0.341 e. The van der Waals surface area contributed by atoms with Gasteiger partial charge in [0.25, 0.3) is 5.91 Å². The first-order chi connectivity index (χ1) is 10.3. The molecular weight excluding hydrogens is 300 g/mol. The van der Waals surface area contributed by atoms with Gasteiger partial charge in [0.1, 0.15) is 0 Å². The number of nitrogens with one attached hydrogen (secondary N) is 1. The molecule has 1 saturated carbocycles. The summed E-state index contributed by atoms with van der Waals surface area (Å²) < 4.78 is 24.9. The van der Waals surface area contributed by atoms with Crippen molar-refractivity contribution in [2.75, 3.05) is 24.6 Å². The summed E-state index contributed by atoms with van der Waals surface area (Å²) in [5, 5.41) is 0. The Bertz CT molecular complexity index is 622. The number of benzene rings is 1. The summed E-state index contributed by atoms with van der Waals surface area (Å²) in [6, 6.07) is 6.63. The molecule has 0 saturated heterocycles. The SMILES string of the molecule is CN(CC1CCCCC1)C(=O)c1cccc(NS(C)(=O)=O)c1. The molecule has 1 aromatic rings. The van der Waals surface area contributed by atoms with E-state index in [1.807, 2.05) is 7.05 Å². The molecule has 22 heavy (non-hydrogen) atoms. The van der Waals surface area contributed by atoms with Crippen molar-refractivity contribution in [3.05, 3.63) is 29.8 Å². The van der Waals surface area contributed by atoms with Gasteiger partial charge in [-0.05, 0) is 37.0 Å². The van der Waals surface area contributed by atoms with Gasteiger partial charge >= 0.3 is 0 Å². The van der Waals surface area contributed by atoms with Gasteiger partial charge in [0, 0.05) is 24.8 Å². The number of carbonyl (C=O) groups excluding carboxylic acids is 1. The highest BCUT2D eigenvalue weighted by atomic mass is 32.2. The fraction of sp³-hybridized carbons (Fsp3) is 0.562. The predicted octanol–water partition coefficient (Wildman–Crippen LogP) is 2.71. The van der Waals surface area contributed by atoms with E-state index in [9.17, 15) is 13.2 Å². The third-order valence-corrected chi connectivity index (χ3v) is 4.62. The lowest BCUT2D eigenvalue weighted by atomic mass is 9.89. The number of nitrogens with zero attached hydrogens (tertiary/aromatic N) is 1. The smallest absolute Gasteiger partial charge is 0.253 e. The van der Waals surface area contributed by atoms with Crippen molar-refractivity contribution in [1.82, 2.24) is 4.90 Å². The molecule has 0 aromatic heterocycles. The summed E-state index contributed by atoms with van der Waals surface area (Å²) in [6.07, 6.45) is 7.27. The average molecular weight is 324 g/mol. The van der Waals surface area contributed by atoms with Crippen LogP contribution in [-0.2, 0) is 10.0 Å². The Morgan fingerprint density at radius 1 is 1.27 bits per heavy atom. The first kappa shape index (κ1) is 16.8. The highest BCUT2D eigenvalue weighted by Crippen LogP contribution is 2.24. The monoisotopic (exact) mass is 324 g/mol. The predicted molar refractivity (Wildman–Crippen MR) is 88.4 cm³/mol. The van der Waals surface area contributed by atoms with Gasteiger partial charge in [-0.2, -0.15) is 0 Å². The molecule has 0 spiro atoms. The van der Waals surface area contributed by atoms with Crippen LogP contribution in [-0.4, -0.2) is 39.1 Å². The Hall–Kier alpha value is -1.56. The van der Waals surface area contributed by atoms with Gasteiger partial charge in [-0.25, -0.2) is 8.42 Å². The molecule has 5 nitrogen and oxygen atoms in total. The molecule has 1 aliphatic rings. The lowest BCUT2D eigenvalue weighted by Crippen LogP contribution is -2.32. The van der Waals surface area contributed by atoms with Crippen LogP contribution in [0, 0.1) is 5.92 Å². The zero-order chi connectivity index (χ0) is 16.2. The van der Waals surface area contributed by atoms with E-state index in [1.54, 1.807) is 29.2 Å². The van der Waals surface area contributed by atoms with E-state index in [1.165, 1.54) is 32.1 Å². The van der Waals surface area contributed by atoms with Crippen LogP contribution >= 0.6 is 0 Å². The topological polar surface area (TPSA) is 66.5 Å². The van der Waals surface area contributed by atoms with Gasteiger partial charge in [0.15, 0.2) is 0 Å². The first-order valence-electron chi connectivity index (χ1n) is 7.68. The summed E-state index contributed by atoms with van der Waals surface area (Å²) in [5.41, 5.74) is 0.923. The Morgan fingerprint density at radius 3 is 2.59 bits per heavy atom. The van der Waals surface area contributed by atoms with Crippen LogP contribution in [0.15, 0.2) is 24.3 Å². The Labute approximate surface area is 132 Å². The summed E-state index contributed by atoms with van der Waals surface area (Å²) in [4.78, 5) is 14.2. The third-order valence-electron chi connectivity index (χ3n) is 4.02. The van der Waals surface area contributed by atoms with Crippen LogP contribution in [0.2, 0.25) is 0 Å². The number of carbonyl (C=O) groups is 1. The number of anilines is 1. The molecule has 2 rings (SSSR count). The molecule has 1 fully saturated rings. The molecule has 0 aliphatic heterocycles. The minimum atomic E-state index is -3.34. The van der Waals surface area contributed by atoms with Crippen LogP contribution in [0.3, 0.4) is 0 Å². The Kier molecular flexibility index (Phi) is 5.45. The van der Waals surface area contributed by atoms with Crippen molar-refractivity contribution in [1.29, 1.82) is 0 Å². The minimum absolute atomic E-state index is 0.0669. The van der Waals surface area contributed by atoms with Crippen molar-refractivity contribution in [2.24, 2.45) is 5.92 Å². The van der Waals surface area contributed by atoms with Gasteiger partial charge in [0.05, 0.1) is 6.26 Å². The zero-order valence-electron chi connectivity index (χ0n) is 13.2. The van der Waals surface area contributed by atoms with Crippen molar-refractivity contribution < 1.29 is 13.2 Å². The van der Waals surface area contributed by atoms with E-state index in [4.69, 9.17) is 0 Å². The highest BCUT2D eigenvalue weighted by Gasteiger charge is 2.19. The van der Waals surface area contributed by atoms with E-state index in [2.05, 4.69) is 4.72 Å². The van der Waals surface area contributed by atoms with E-state index in [0.717, 1.165) is 12.8 Å². The van der Waals surface area contributed by atoms with Crippen molar-refractivity contribution >= 4 is 21.6 Å². The van der Waals surface area contributed by atoms with Crippen molar-refractivity contribution in [3.63, 3.8) is 0 Å². The molecule has 0 unspecified atom stereocenters. The maximum Gasteiger partial charge on any atom is 0.253 e. The second-order valence-electron chi connectivity index (χ2n) is 6.14. The number of amides is 1. The van der Waals surface area contributed by atoms with Crippen LogP contribution in [0.25, 0.3) is 0 Å². The van der Waals surface area contributed by atoms with Crippen molar-refractivity contribution in [3.8, 4) is 0 Å². The molecule has 0 radical (unpaired) electrons. The fourth-order valence-corrected chi connectivity index (χ4v) is 3.55. The Balaban J connectivity index is 2.03. The fourth-order valence-electron chi connectivity index (χ4n) is 2.99. The standard InChI is InChI=1S/C16H24N2O3S/c1-18(12-13-7-4-3-5-8-13)16(19)14-9-6-10-15(11-14)17-22(2,20)21/h6,9-11,13,17H,3-5,7-8,12H2,1-2H3. The van der Waals surface area contributed by atoms with Gasteiger partial charge in [0.2, 0.25) is 10.0 Å². The summed E-state index contributed by atoms with van der Waals surface area (Å²) in [6.45, 7) is 0.766. The number of hydrogen-bond donors (Lipinski definition) is 1. The molecule has 0 bridgehead atoms. The van der Waals surface area contributed by atoms with E-state index in [0.29, 0.717) is 17.2 Å². The molecule has 1 aliphatic carbocycles. The van der Waals surface area contributed by atoms with Crippen LogP contribution in [0.5, 0.6) is 0 Å². The maximum absolute atomic E-state index is 12.5. The molecule has 6 heteroatoms. The lowest BCUT2D eigenvalue weighted by molar-refractivity contribution is 0.0760. The normalized spacial score (nSPS) is 16.3. The van der Waals surface area contributed by atoms with Gasteiger partial charge in [-0.1, -0.05) is 25.3 Å². The van der Waals surface area contributed by atoms with Crippen LogP contribution < -0.4 is 4.72 Å². The minimum Gasteiger partial charge on any atom is -0.341 e. The number of sulfonamides is 1. The van der Waals surface area contributed by atoms with Crippen LogP contribution in [0.1, 0.15) is 42.5 Å². The van der Waals surface area contributed by atoms with Crippen molar-refractivity contribution in [2.45, 2.75) is 32.1 Å². The number of rotatable bonds is 5. The second kappa shape index (κ2) is 7.13. The third kappa shape index (κ3) is 5.02. The maximum atomic E-state index is 12.5. The molecule has 0 atom stereocenters. The van der Waals surface area contributed by atoms with Crippen LogP contribution in [0.4, 0.5) is 5.69 Å². The molecule has 122 valence electrons. The summed E-state index contributed by atoms with van der Waals surface area (Å²) >= 11 is 0. The zero-order valence-corrected chi connectivity index (χ0v) is 14.0. The van der Waals surface area contributed by atoms with Gasteiger partial charge < -0.3 is 4.90 Å². The van der Waals surface area contributed by atoms with E-state index in [-0.39, 0.29) is 5.91 Å². The molecule has 1 amide bonds. The Morgan fingerprint density at radius 2 is 1.95 bits per heavy atom. The van der Waals surface area contributed by atoms with E-state index < -0.39 is 10.0 Å². The van der Waals surface area contributed by atoms with Gasteiger partial charge in [-0.15, -0.1) is 0 Å². The summed E-state index contributed by atoms with van der Waals surface area (Å²) in [7, 11) is -1.52.